The van der Waals surface area contributed by atoms with E-state index in [1.807, 2.05) is 25.1 Å². The van der Waals surface area contributed by atoms with Gasteiger partial charge in [0.05, 0.1) is 5.02 Å². The van der Waals surface area contributed by atoms with Gasteiger partial charge >= 0.3 is 0 Å². The van der Waals surface area contributed by atoms with Crippen molar-refractivity contribution < 1.29 is 13.6 Å². The fourth-order valence-corrected chi connectivity index (χ4v) is 2.38. The van der Waals surface area contributed by atoms with E-state index in [1.165, 1.54) is 12.1 Å². The lowest BCUT2D eigenvalue weighted by molar-refractivity contribution is 0.101. The molecule has 0 aliphatic heterocycles. The second-order valence-corrected chi connectivity index (χ2v) is 4.96. The Labute approximate surface area is 119 Å². The molecule has 2 aromatic carbocycles. The molecule has 0 spiro atoms. The predicted octanol–water partition coefficient (Wildman–Crippen LogP) is 4.76. The van der Waals surface area contributed by atoms with Crippen LogP contribution in [0.1, 0.15) is 21.7 Å². The highest BCUT2D eigenvalue weighted by molar-refractivity contribution is 6.34. The average molecular weight is 289 g/mol. The molecule has 0 atom stereocenters. The molecule has 0 amide bonds. The molecule has 0 unspecified atom stereocenters. The van der Waals surface area contributed by atoms with Crippen LogP contribution in [-0.4, -0.2) is 5.78 Å². The number of hydrogen-bond acceptors (Lipinski definition) is 2. The molecule has 0 N–H and O–H groups in total. The number of carbonyl (C=O) groups excluding carboxylic acids is 1. The third kappa shape index (κ3) is 2.10. The Morgan fingerprint density at radius 2 is 2.00 bits per heavy atom. The Kier molecular flexibility index (Phi) is 3.07. The monoisotopic (exact) mass is 288 g/mol. The van der Waals surface area contributed by atoms with Crippen LogP contribution in [0.5, 0.6) is 0 Å². The molecule has 0 aliphatic rings. The first-order valence-electron chi connectivity index (χ1n) is 6.05. The van der Waals surface area contributed by atoms with Gasteiger partial charge in [-0.2, -0.15) is 0 Å². The summed E-state index contributed by atoms with van der Waals surface area (Å²) in [6, 6.07) is 11.0. The second-order valence-electron chi connectivity index (χ2n) is 4.56. The molecule has 0 saturated heterocycles. The van der Waals surface area contributed by atoms with Crippen LogP contribution in [0, 0.1) is 12.7 Å². The quantitative estimate of drug-likeness (QED) is 0.636. The van der Waals surface area contributed by atoms with Crippen molar-refractivity contribution in [2.75, 3.05) is 0 Å². The Morgan fingerprint density at radius 3 is 2.70 bits per heavy atom. The number of carbonyl (C=O) groups is 1. The van der Waals surface area contributed by atoms with E-state index in [-0.39, 0.29) is 22.1 Å². The van der Waals surface area contributed by atoms with Crippen molar-refractivity contribution in [3.8, 4) is 0 Å². The van der Waals surface area contributed by atoms with Gasteiger partial charge in [0, 0.05) is 10.9 Å². The zero-order valence-electron chi connectivity index (χ0n) is 10.6. The molecule has 20 heavy (non-hydrogen) atoms. The predicted molar refractivity (Wildman–Crippen MR) is 75.8 cm³/mol. The number of hydrogen-bond donors (Lipinski definition) is 0. The standard InChI is InChI=1S/C16H10ClFO2/c1-9-3-2-4-10-7-14(20-16(9)10)15(19)12-6-5-11(18)8-13(12)17/h2-8H,1H3. The smallest absolute Gasteiger partial charge is 0.229 e. The first-order valence-corrected chi connectivity index (χ1v) is 6.43. The highest BCUT2D eigenvalue weighted by atomic mass is 35.5. The van der Waals surface area contributed by atoms with Crippen molar-refractivity contribution in [2.24, 2.45) is 0 Å². The number of fused-ring (bicyclic) bond motifs is 1. The van der Waals surface area contributed by atoms with E-state index in [2.05, 4.69) is 0 Å². The van der Waals surface area contributed by atoms with Crippen molar-refractivity contribution in [3.63, 3.8) is 0 Å². The maximum Gasteiger partial charge on any atom is 0.229 e. The second kappa shape index (κ2) is 4.76. The van der Waals surface area contributed by atoms with E-state index in [0.29, 0.717) is 5.58 Å². The van der Waals surface area contributed by atoms with Crippen LogP contribution in [0.15, 0.2) is 46.9 Å². The number of benzene rings is 2. The average Bonchev–Trinajstić information content (AvgIpc) is 2.83. The molecule has 2 nitrogen and oxygen atoms in total. The van der Waals surface area contributed by atoms with Gasteiger partial charge in [0.25, 0.3) is 0 Å². The van der Waals surface area contributed by atoms with E-state index in [9.17, 15) is 9.18 Å². The van der Waals surface area contributed by atoms with Crippen LogP contribution in [0.4, 0.5) is 4.39 Å². The van der Waals surface area contributed by atoms with E-state index >= 15 is 0 Å². The number of halogens is 2. The summed E-state index contributed by atoms with van der Waals surface area (Å²) in [5.41, 5.74) is 1.85. The molecular formula is C16H10ClFO2. The molecular weight excluding hydrogens is 279 g/mol. The van der Waals surface area contributed by atoms with Crippen LogP contribution in [0.3, 0.4) is 0 Å². The zero-order chi connectivity index (χ0) is 14.3. The minimum Gasteiger partial charge on any atom is -0.452 e. The van der Waals surface area contributed by atoms with Crippen LogP contribution < -0.4 is 0 Å². The van der Waals surface area contributed by atoms with Gasteiger partial charge in [-0.15, -0.1) is 0 Å². The van der Waals surface area contributed by atoms with E-state index in [0.717, 1.165) is 17.0 Å². The van der Waals surface area contributed by atoms with Crippen LogP contribution in [-0.2, 0) is 0 Å². The van der Waals surface area contributed by atoms with Crippen molar-refractivity contribution >= 4 is 28.4 Å². The number of furan rings is 1. The molecule has 0 radical (unpaired) electrons. The minimum atomic E-state index is -0.480. The Morgan fingerprint density at radius 1 is 1.20 bits per heavy atom. The van der Waals surface area contributed by atoms with Crippen molar-refractivity contribution in [2.45, 2.75) is 6.92 Å². The number of aryl methyl sites for hydroxylation is 1. The maximum atomic E-state index is 13.0. The van der Waals surface area contributed by atoms with Gasteiger partial charge in [0.2, 0.25) is 5.78 Å². The van der Waals surface area contributed by atoms with Crippen molar-refractivity contribution in [1.29, 1.82) is 0 Å². The molecule has 3 aromatic rings. The summed E-state index contributed by atoms with van der Waals surface area (Å²) in [6.07, 6.45) is 0. The van der Waals surface area contributed by atoms with Gasteiger partial charge in [-0.1, -0.05) is 29.8 Å². The topological polar surface area (TPSA) is 30.2 Å². The number of rotatable bonds is 2. The molecule has 0 saturated carbocycles. The molecule has 100 valence electrons. The molecule has 0 bridgehead atoms. The summed E-state index contributed by atoms with van der Waals surface area (Å²) in [5.74, 6) is -0.639. The fraction of sp³-hybridized carbons (Fsp3) is 0.0625. The largest absolute Gasteiger partial charge is 0.452 e. The summed E-state index contributed by atoms with van der Waals surface area (Å²) >= 11 is 5.90. The van der Waals surface area contributed by atoms with Gasteiger partial charge in [0.1, 0.15) is 11.4 Å². The third-order valence-electron chi connectivity index (χ3n) is 3.14. The highest BCUT2D eigenvalue weighted by Gasteiger charge is 2.18. The van der Waals surface area contributed by atoms with E-state index < -0.39 is 5.82 Å². The van der Waals surface area contributed by atoms with Gasteiger partial charge in [0.15, 0.2) is 5.76 Å². The highest BCUT2D eigenvalue weighted by Crippen LogP contribution is 2.26. The Balaban J connectivity index is 2.10. The number of ketones is 1. The molecule has 4 heteroatoms. The summed E-state index contributed by atoms with van der Waals surface area (Å²) < 4.78 is 18.6. The third-order valence-corrected chi connectivity index (χ3v) is 3.45. The fourth-order valence-electron chi connectivity index (χ4n) is 2.13. The lowest BCUT2D eigenvalue weighted by atomic mass is 10.1. The Hall–Kier alpha value is -2.13. The molecule has 0 aliphatic carbocycles. The van der Waals surface area contributed by atoms with Crippen LogP contribution in [0.2, 0.25) is 5.02 Å². The lowest BCUT2D eigenvalue weighted by Gasteiger charge is -2.00. The van der Waals surface area contributed by atoms with E-state index in [4.69, 9.17) is 16.0 Å². The number of para-hydroxylation sites is 1. The first kappa shape index (κ1) is 12.9. The summed E-state index contributed by atoms with van der Waals surface area (Å²) in [5, 5.41) is 0.929. The summed E-state index contributed by atoms with van der Waals surface area (Å²) in [6.45, 7) is 1.91. The molecule has 1 heterocycles. The molecule has 0 fully saturated rings. The van der Waals surface area contributed by atoms with Crippen molar-refractivity contribution in [3.05, 3.63) is 70.2 Å². The van der Waals surface area contributed by atoms with Gasteiger partial charge < -0.3 is 4.42 Å². The van der Waals surface area contributed by atoms with Crippen molar-refractivity contribution in [1.82, 2.24) is 0 Å². The van der Waals surface area contributed by atoms with Crippen LogP contribution >= 0.6 is 11.6 Å². The van der Waals surface area contributed by atoms with Gasteiger partial charge in [-0.05, 0) is 36.8 Å². The maximum absolute atomic E-state index is 13.0. The van der Waals surface area contributed by atoms with Crippen LogP contribution in [0.25, 0.3) is 11.0 Å². The zero-order valence-corrected chi connectivity index (χ0v) is 11.4. The normalized spacial score (nSPS) is 10.9. The minimum absolute atomic E-state index is 0.0761. The SMILES string of the molecule is Cc1cccc2cc(C(=O)c3ccc(F)cc3Cl)oc12. The first-order chi connectivity index (χ1) is 9.56. The molecule has 3 rings (SSSR count). The molecule has 1 aromatic heterocycles. The lowest BCUT2D eigenvalue weighted by Crippen LogP contribution is -2.00. The van der Waals surface area contributed by atoms with Gasteiger partial charge in [-0.25, -0.2) is 4.39 Å². The summed E-state index contributed by atoms with van der Waals surface area (Å²) in [4.78, 5) is 12.4. The Bertz CT molecular complexity index is 820. The summed E-state index contributed by atoms with van der Waals surface area (Å²) in [7, 11) is 0. The van der Waals surface area contributed by atoms with Gasteiger partial charge in [-0.3, -0.25) is 4.79 Å². The van der Waals surface area contributed by atoms with E-state index in [1.54, 1.807) is 6.07 Å².